The summed E-state index contributed by atoms with van der Waals surface area (Å²) in [6.45, 7) is 3.22. The van der Waals surface area contributed by atoms with Gasteiger partial charge in [0.1, 0.15) is 0 Å². The molecule has 1 aliphatic heterocycles. The second-order valence-electron chi connectivity index (χ2n) is 6.01. The molecule has 1 heterocycles. The molecule has 0 aliphatic carbocycles. The number of ether oxygens (including phenoxy) is 4. The second kappa shape index (κ2) is 8.64. The van der Waals surface area contributed by atoms with Crippen LogP contribution >= 0.6 is 0 Å². The zero-order chi connectivity index (χ0) is 19.2. The Morgan fingerprint density at radius 1 is 0.963 bits per heavy atom. The van der Waals surface area contributed by atoms with Gasteiger partial charge in [0.15, 0.2) is 11.5 Å². The summed E-state index contributed by atoms with van der Waals surface area (Å²) in [5.41, 5.74) is 2.25. The van der Waals surface area contributed by atoms with Crippen molar-refractivity contribution in [2.45, 2.75) is 0 Å². The van der Waals surface area contributed by atoms with Crippen molar-refractivity contribution in [3.8, 4) is 17.2 Å². The molecule has 2 aromatic rings. The topological polar surface area (TPSA) is 69.3 Å². The van der Waals surface area contributed by atoms with E-state index in [-0.39, 0.29) is 5.91 Å². The largest absolute Gasteiger partial charge is 0.493 e. The Bertz CT molecular complexity index is 760. The van der Waals surface area contributed by atoms with Crippen LogP contribution in [0.3, 0.4) is 0 Å². The maximum atomic E-state index is 12.6. The van der Waals surface area contributed by atoms with E-state index in [0.717, 1.165) is 32.0 Å². The Hall–Kier alpha value is -2.93. The molecule has 27 heavy (non-hydrogen) atoms. The molecular formula is C20H24N2O5. The van der Waals surface area contributed by atoms with E-state index in [4.69, 9.17) is 18.9 Å². The van der Waals surface area contributed by atoms with Gasteiger partial charge in [-0.05, 0) is 36.4 Å². The number of nitrogens with zero attached hydrogens (tertiary/aromatic N) is 1. The number of morpholine rings is 1. The molecule has 0 radical (unpaired) electrons. The van der Waals surface area contributed by atoms with Crippen LogP contribution in [0.25, 0.3) is 0 Å². The van der Waals surface area contributed by atoms with Gasteiger partial charge in [-0.2, -0.15) is 0 Å². The maximum Gasteiger partial charge on any atom is 0.255 e. The summed E-state index contributed by atoms with van der Waals surface area (Å²) in [5, 5.41) is 2.89. The molecule has 0 aromatic heterocycles. The van der Waals surface area contributed by atoms with Gasteiger partial charge in [-0.1, -0.05) is 0 Å². The fraction of sp³-hybridized carbons (Fsp3) is 0.350. The van der Waals surface area contributed by atoms with Crippen molar-refractivity contribution >= 4 is 17.3 Å². The van der Waals surface area contributed by atoms with Crippen LogP contribution in [0.1, 0.15) is 10.4 Å². The molecule has 1 saturated heterocycles. The van der Waals surface area contributed by atoms with Gasteiger partial charge < -0.3 is 29.2 Å². The van der Waals surface area contributed by atoms with Crippen LogP contribution in [0.5, 0.6) is 17.2 Å². The summed E-state index contributed by atoms with van der Waals surface area (Å²) < 4.78 is 21.3. The molecule has 0 unspecified atom stereocenters. The summed E-state index contributed by atoms with van der Waals surface area (Å²) in [6.07, 6.45) is 0. The molecule has 1 fully saturated rings. The van der Waals surface area contributed by atoms with E-state index in [2.05, 4.69) is 10.2 Å². The highest BCUT2D eigenvalue weighted by molar-refractivity contribution is 6.05. The van der Waals surface area contributed by atoms with Crippen molar-refractivity contribution in [2.24, 2.45) is 0 Å². The van der Waals surface area contributed by atoms with E-state index in [1.54, 1.807) is 12.1 Å². The predicted molar refractivity (Wildman–Crippen MR) is 104 cm³/mol. The number of methoxy groups -OCH3 is 3. The van der Waals surface area contributed by atoms with Gasteiger partial charge in [0.25, 0.3) is 5.91 Å². The molecule has 1 amide bonds. The van der Waals surface area contributed by atoms with Crippen molar-refractivity contribution in [3.63, 3.8) is 0 Å². The lowest BCUT2D eigenvalue weighted by Gasteiger charge is -2.28. The molecule has 2 aromatic carbocycles. The van der Waals surface area contributed by atoms with Crippen LogP contribution in [0, 0.1) is 0 Å². The Labute approximate surface area is 158 Å². The van der Waals surface area contributed by atoms with Gasteiger partial charge in [-0.3, -0.25) is 4.79 Å². The maximum absolute atomic E-state index is 12.6. The average Bonchev–Trinajstić information content (AvgIpc) is 2.73. The first-order valence-corrected chi connectivity index (χ1v) is 8.70. The van der Waals surface area contributed by atoms with Crippen LogP contribution in [0.2, 0.25) is 0 Å². The summed E-state index contributed by atoms with van der Waals surface area (Å²) in [5.74, 6) is 1.06. The van der Waals surface area contributed by atoms with Gasteiger partial charge in [0, 0.05) is 30.0 Å². The summed E-state index contributed by atoms with van der Waals surface area (Å²) >= 11 is 0. The number of hydrogen-bond donors (Lipinski definition) is 1. The third-order valence-electron chi connectivity index (χ3n) is 4.43. The minimum Gasteiger partial charge on any atom is -0.493 e. The number of hydrogen-bond acceptors (Lipinski definition) is 6. The number of nitrogens with one attached hydrogen (secondary N) is 1. The van der Waals surface area contributed by atoms with Gasteiger partial charge >= 0.3 is 0 Å². The number of benzene rings is 2. The van der Waals surface area contributed by atoms with Crippen molar-refractivity contribution in [3.05, 3.63) is 42.0 Å². The van der Waals surface area contributed by atoms with Crippen molar-refractivity contribution in [1.29, 1.82) is 0 Å². The molecule has 7 nitrogen and oxygen atoms in total. The summed E-state index contributed by atoms with van der Waals surface area (Å²) in [6, 6.07) is 11.0. The first-order chi connectivity index (χ1) is 13.2. The van der Waals surface area contributed by atoms with Crippen molar-refractivity contribution in [2.75, 3.05) is 57.8 Å². The standard InChI is InChI=1S/C20H24N2O5/c1-24-17-12-14(13-18(25-2)19(17)26-3)20(23)21-15-4-6-16(7-5-15)22-8-10-27-11-9-22/h4-7,12-13H,8-11H2,1-3H3,(H,21,23). The third kappa shape index (κ3) is 4.25. The van der Waals surface area contributed by atoms with Crippen molar-refractivity contribution in [1.82, 2.24) is 0 Å². The molecule has 7 heteroatoms. The number of carbonyl (C=O) groups is 1. The number of amides is 1. The van der Waals surface area contributed by atoms with Crippen LogP contribution in [0.15, 0.2) is 36.4 Å². The molecule has 1 N–H and O–H groups in total. The molecule has 144 valence electrons. The Balaban J connectivity index is 1.75. The number of carbonyl (C=O) groups excluding carboxylic acids is 1. The highest BCUT2D eigenvalue weighted by Crippen LogP contribution is 2.38. The second-order valence-corrected chi connectivity index (χ2v) is 6.01. The van der Waals surface area contributed by atoms with E-state index in [0.29, 0.717) is 28.5 Å². The van der Waals surface area contributed by atoms with E-state index in [1.807, 2.05) is 24.3 Å². The van der Waals surface area contributed by atoms with E-state index in [9.17, 15) is 4.79 Å². The van der Waals surface area contributed by atoms with Crippen LogP contribution in [-0.2, 0) is 4.74 Å². The summed E-state index contributed by atoms with van der Waals surface area (Å²) in [7, 11) is 4.56. The highest BCUT2D eigenvalue weighted by atomic mass is 16.5. The van der Waals surface area contributed by atoms with Crippen LogP contribution in [0.4, 0.5) is 11.4 Å². The molecule has 0 spiro atoms. The normalized spacial score (nSPS) is 13.8. The van der Waals surface area contributed by atoms with Gasteiger partial charge in [-0.15, -0.1) is 0 Å². The van der Waals surface area contributed by atoms with E-state index >= 15 is 0 Å². The zero-order valence-electron chi connectivity index (χ0n) is 15.8. The number of rotatable bonds is 6. The van der Waals surface area contributed by atoms with E-state index in [1.165, 1.54) is 21.3 Å². The lowest BCUT2D eigenvalue weighted by Crippen LogP contribution is -2.36. The Morgan fingerprint density at radius 2 is 1.56 bits per heavy atom. The smallest absolute Gasteiger partial charge is 0.255 e. The monoisotopic (exact) mass is 372 g/mol. The minimum atomic E-state index is -0.256. The average molecular weight is 372 g/mol. The number of anilines is 2. The van der Waals surface area contributed by atoms with Crippen LogP contribution < -0.4 is 24.4 Å². The van der Waals surface area contributed by atoms with E-state index < -0.39 is 0 Å². The zero-order valence-corrected chi connectivity index (χ0v) is 15.8. The first kappa shape index (κ1) is 18.8. The van der Waals surface area contributed by atoms with Gasteiger partial charge in [-0.25, -0.2) is 0 Å². The third-order valence-corrected chi connectivity index (χ3v) is 4.43. The highest BCUT2D eigenvalue weighted by Gasteiger charge is 2.17. The van der Waals surface area contributed by atoms with Crippen molar-refractivity contribution < 1.29 is 23.7 Å². The Kier molecular flexibility index (Phi) is 6.03. The molecule has 0 atom stereocenters. The molecule has 1 aliphatic rings. The fourth-order valence-corrected chi connectivity index (χ4v) is 2.99. The Morgan fingerprint density at radius 3 is 2.07 bits per heavy atom. The lowest BCUT2D eigenvalue weighted by atomic mass is 10.1. The molecule has 3 rings (SSSR count). The SMILES string of the molecule is COc1cc(C(=O)Nc2ccc(N3CCOCC3)cc2)cc(OC)c1OC. The molecule has 0 saturated carbocycles. The lowest BCUT2D eigenvalue weighted by molar-refractivity contribution is 0.102. The molecular weight excluding hydrogens is 348 g/mol. The van der Waals surface area contributed by atoms with Gasteiger partial charge in [0.05, 0.1) is 34.5 Å². The predicted octanol–water partition coefficient (Wildman–Crippen LogP) is 2.80. The quantitative estimate of drug-likeness (QED) is 0.841. The fourth-order valence-electron chi connectivity index (χ4n) is 2.99. The summed E-state index contributed by atoms with van der Waals surface area (Å²) in [4.78, 5) is 14.9. The minimum absolute atomic E-state index is 0.256. The molecule has 0 bridgehead atoms. The van der Waals surface area contributed by atoms with Crippen LogP contribution in [-0.4, -0.2) is 53.5 Å². The first-order valence-electron chi connectivity index (χ1n) is 8.70. The van der Waals surface area contributed by atoms with Gasteiger partial charge in [0.2, 0.25) is 5.75 Å².